The minimum absolute atomic E-state index is 0.134. The van der Waals surface area contributed by atoms with Crippen molar-refractivity contribution < 1.29 is 19.5 Å². The molecule has 0 fully saturated rings. The Kier molecular flexibility index (Phi) is 6.35. The number of aliphatic carboxylic acids is 1. The Labute approximate surface area is 135 Å². The second-order valence-corrected chi connectivity index (χ2v) is 6.23. The van der Waals surface area contributed by atoms with Crippen LogP contribution in [0.4, 0.5) is 0 Å². The zero-order chi connectivity index (χ0) is 16.2. The molecule has 6 nitrogen and oxygen atoms in total. The van der Waals surface area contributed by atoms with E-state index >= 15 is 0 Å². The van der Waals surface area contributed by atoms with Crippen LogP contribution < -0.4 is 5.32 Å². The Bertz CT molecular complexity index is 558. The summed E-state index contributed by atoms with van der Waals surface area (Å²) in [6.45, 7) is 5.02. The fourth-order valence-electron chi connectivity index (χ4n) is 1.66. The molecule has 1 aromatic heterocycles. The highest BCUT2D eigenvalue weighted by atomic mass is 79.9. The topological polar surface area (TPSA) is 86.7 Å². The number of nitrogens with one attached hydrogen (secondary N) is 1. The highest BCUT2D eigenvalue weighted by Crippen LogP contribution is 2.29. The summed E-state index contributed by atoms with van der Waals surface area (Å²) in [5.74, 6) is -1.67. The van der Waals surface area contributed by atoms with Crippen LogP contribution in [0.3, 0.4) is 0 Å². The molecule has 2 N–H and O–H groups in total. The van der Waals surface area contributed by atoms with Gasteiger partial charge in [-0.05, 0) is 40.7 Å². The van der Waals surface area contributed by atoms with E-state index in [9.17, 15) is 14.4 Å². The summed E-state index contributed by atoms with van der Waals surface area (Å²) in [4.78, 5) is 36.3. The molecule has 0 bridgehead atoms. The van der Waals surface area contributed by atoms with Crippen LogP contribution in [0.15, 0.2) is 9.85 Å². The van der Waals surface area contributed by atoms with Gasteiger partial charge in [-0.15, -0.1) is 11.3 Å². The molecule has 1 heterocycles. The Balaban J connectivity index is 2.94. The van der Waals surface area contributed by atoms with Crippen molar-refractivity contribution in [2.24, 2.45) is 0 Å². The summed E-state index contributed by atoms with van der Waals surface area (Å²) in [6.07, 6.45) is 0. The van der Waals surface area contributed by atoms with Crippen molar-refractivity contribution in [2.45, 2.75) is 26.8 Å². The number of thiophene rings is 1. The Morgan fingerprint density at radius 2 is 2.10 bits per heavy atom. The molecule has 0 aliphatic rings. The molecular weight excluding hydrogens is 360 g/mol. The number of halogens is 1. The Hall–Kier alpha value is -1.41. The van der Waals surface area contributed by atoms with E-state index in [-0.39, 0.29) is 24.9 Å². The summed E-state index contributed by atoms with van der Waals surface area (Å²) in [6, 6.07) is -0.972. The van der Waals surface area contributed by atoms with E-state index in [1.807, 2.05) is 12.3 Å². The van der Waals surface area contributed by atoms with Crippen molar-refractivity contribution in [1.29, 1.82) is 0 Å². The maximum absolute atomic E-state index is 12.5. The first-order chi connectivity index (χ1) is 9.75. The number of aryl methyl sites for hydroxylation is 1. The first-order valence-corrected chi connectivity index (χ1v) is 7.94. The number of carboxylic acids is 1. The lowest BCUT2D eigenvalue weighted by molar-refractivity contribution is -0.141. The van der Waals surface area contributed by atoms with Gasteiger partial charge < -0.3 is 15.3 Å². The minimum Gasteiger partial charge on any atom is -0.480 e. The molecule has 0 spiro atoms. The van der Waals surface area contributed by atoms with Crippen LogP contribution in [0.2, 0.25) is 0 Å². The molecule has 0 aliphatic heterocycles. The molecule has 21 heavy (non-hydrogen) atoms. The van der Waals surface area contributed by atoms with Crippen molar-refractivity contribution in [2.75, 3.05) is 13.1 Å². The van der Waals surface area contributed by atoms with Crippen LogP contribution in [0.1, 0.15) is 29.1 Å². The molecule has 0 saturated carbocycles. The van der Waals surface area contributed by atoms with Gasteiger partial charge in [-0.25, -0.2) is 4.79 Å². The van der Waals surface area contributed by atoms with Crippen molar-refractivity contribution in [3.8, 4) is 0 Å². The van der Waals surface area contributed by atoms with Crippen LogP contribution in [0, 0.1) is 6.92 Å². The van der Waals surface area contributed by atoms with Crippen molar-refractivity contribution in [3.63, 3.8) is 0 Å². The highest BCUT2D eigenvalue weighted by Gasteiger charge is 2.28. The number of hydrogen-bond donors (Lipinski definition) is 2. The number of amides is 2. The fourth-order valence-corrected chi connectivity index (χ4v) is 3.27. The predicted octanol–water partition coefficient (Wildman–Crippen LogP) is 1.87. The minimum atomic E-state index is -1.09. The normalized spacial score (nSPS) is 11.8. The molecule has 1 atom stereocenters. The fraction of sp³-hybridized carbons (Fsp3) is 0.462. The number of rotatable bonds is 6. The van der Waals surface area contributed by atoms with Gasteiger partial charge in [0.15, 0.2) is 0 Å². The molecule has 116 valence electrons. The lowest BCUT2D eigenvalue weighted by Crippen LogP contribution is -2.46. The molecule has 8 heteroatoms. The smallest absolute Gasteiger partial charge is 0.326 e. The summed E-state index contributed by atoms with van der Waals surface area (Å²) in [5.41, 5.74) is 0.924. The molecule has 0 saturated heterocycles. The Morgan fingerprint density at radius 1 is 1.48 bits per heavy atom. The zero-order valence-corrected chi connectivity index (χ0v) is 14.4. The van der Waals surface area contributed by atoms with Gasteiger partial charge in [0.25, 0.3) is 5.91 Å². The SMILES string of the molecule is CC(=O)NCCN(C(=O)c1scc(C)c1Br)C(C)C(=O)O. The molecule has 1 aromatic rings. The van der Waals surface area contributed by atoms with Gasteiger partial charge in [0.1, 0.15) is 10.9 Å². The standard InChI is InChI=1S/C13H17BrN2O4S/c1-7-6-21-11(10(7)14)12(18)16(8(2)13(19)20)5-4-15-9(3)17/h6,8H,4-5H2,1-3H3,(H,15,17)(H,19,20). The lowest BCUT2D eigenvalue weighted by Gasteiger charge is -2.26. The highest BCUT2D eigenvalue weighted by molar-refractivity contribution is 9.10. The predicted molar refractivity (Wildman–Crippen MR) is 83.6 cm³/mol. The van der Waals surface area contributed by atoms with E-state index in [1.54, 1.807) is 0 Å². The number of carbonyl (C=O) groups is 3. The zero-order valence-electron chi connectivity index (χ0n) is 12.0. The average molecular weight is 377 g/mol. The number of carbonyl (C=O) groups excluding carboxylic acids is 2. The summed E-state index contributed by atoms with van der Waals surface area (Å²) in [5, 5.41) is 13.5. The summed E-state index contributed by atoms with van der Waals surface area (Å²) < 4.78 is 0.680. The third kappa shape index (κ3) is 4.53. The van der Waals surface area contributed by atoms with Crippen LogP contribution in [-0.2, 0) is 9.59 Å². The van der Waals surface area contributed by atoms with Crippen molar-refractivity contribution in [1.82, 2.24) is 10.2 Å². The van der Waals surface area contributed by atoms with Crippen molar-refractivity contribution in [3.05, 3.63) is 20.3 Å². The number of hydrogen-bond acceptors (Lipinski definition) is 4. The second kappa shape index (κ2) is 7.56. The van der Waals surface area contributed by atoms with Crippen LogP contribution in [0.25, 0.3) is 0 Å². The van der Waals surface area contributed by atoms with Gasteiger partial charge in [0.05, 0.1) is 0 Å². The van der Waals surface area contributed by atoms with E-state index in [0.29, 0.717) is 9.35 Å². The quantitative estimate of drug-likeness (QED) is 0.793. The Morgan fingerprint density at radius 3 is 2.52 bits per heavy atom. The van der Waals surface area contributed by atoms with Gasteiger partial charge in [-0.3, -0.25) is 9.59 Å². The van der Waals surface area contributed by atoms with E-state index < -0.39 is 12.0 Å². The third-order valence-electron chi connectivity index (χ3n) is 2.91. The number of nitrogens with zero attached hydrogens (tertiary/aromatic N) is 1. The van der Waals surface area contributed by atoms with Crippen molar-refractivity contribution >= 4 is 45.1 Å². The summed E-state index contributed by atoms with van der Waals surface area (Å²) >= 11 is 4.61. The first kappa shape index (κ1) is 17.6. The molecular formula is C13H17BrN2O4S. The van der Waals surface area contributed by atoms with E-state index in [2.05, 4.69) is 21.2 Å². The molecule has 2 amide bonds. The van der Waals surface area contributed by atoms with Gasteiger partial charge in [-0.2, -0.15) is 0 Å². The van der Waals surface area contributed by atoms with Crippen LogP contribution in [0.5, 0.6) is 0 Å². The van der Waals surface area contributed by atoms with Gasteiger partial charge in [-0.1, -0.05) is 0 Å². The maximum atomic E-state index is 12.5. The van der Waals surface area contributed by atoms with E-state index in [4.69, 9.17) is 5.11 Å². The molecule has 0 radical (unpaired) electrons. The largest absolute Gasteiger partial charge is 0.480 e. The number of carboxylic acid groups (broad SMARTS) is 1. The van der Waals surface area contributed by atoms with Crippen LogP contribution >= 0.6 is 27.3 Å². The average Bonchev–Trinajstić information content (AvgIpc) is 2.73. The molecule has 0 aliphatic carbocycles. The van der Waals surface area contributed by atoms with E-state index in [1.165, 1.54) is 30.1 Å². The second-order valence-electron chi connectivity index (χ2n) is 4.56. The van der Waals surface area contributed by atoms with Gasteiger partial charge in [0, 0.05) is 24.5 Å². The summed E-state index contributed by atoms with van der Waals surface area (Å²) in [7, 11) is 0. The molecule has 1 rings (SSSR count). The monoisotopic (exact) mass is 376 g/mol. The van der Waals surface area contributed by atoms with Gasteiger partial charge >= 0.3 is 5.97 Å². The first-order valence-electron chi connectivity index (χ1n) is 6.27. The maximum Gasteiger partial charge on any atom is 0.326 e. The molecule has 1 unspecified atom stereocenters. The van der Waals surface area contributed by atoms with Gasteiger partial charge in [0.2, 0.25) is 5.91 Å². The van der Waals surface area contributed by atoms with Crippen LogP contribution in [-0.4, -0.2) is 46.9 Å². The lowest BCUT2D eigenvalue weighted by atomic mass is 10.2. The third-order valence-corrected chi connectivity index (χ3v) is 5.28. The molecule has 0 aromatic carbocycles. The van der Waals surface area contributed by atoms with E-state index in [0.717, 1.165) is 5.56 Å².